The smallest absolute Gasteiger partial charge is 0.320 e. The second-order valence-corrected chi connectivity index (χ2v) is 8.86. The van der Waals surface area contributed by atoms with Crippen LogP contribution in [-0.4, -0.2) is 25.4 Å². The molecule has 0 atom stereocenters. The Bertz CT molecular complexity index is 308. The molecule has 0 rings (SSSR count). The number of carbonyl (C=O) groups excluding carboxylic acids is 1. The lowest BCUT2D eigenvalue weighted by molar-refractivity contribution is -0.139. The van der Waals surface area contributed by atoms with Gasteiger partial charge in [0, 0.05) is 5.57 Å². The maximum absolute atomic E-state index is 11.8. The van der Waals surface area contributed by atoms with E-state index in [4.69, 9.17) is 9.53 Å². The topological polar surface area (TPSA) is 63.6 Å². The average molecular weight is 258 g/mol. The Morgan fingerprint density at radius 3 is 2.35 bits per heavy atom. The number of allylic oxidation sites excluding steroid dienone is 1. The first-order valence-corrected chi connectivity index (χ1v) is 9.04. The van der Waals surface area contributed by atoms with Gasteiger partial charge in [-0.15, -0.1) is 0 Å². The predicted molar refractivity (Wildman–Crippen MR) is 69.3 cm³/mol. The van der Waals surface area contributed by atoms with Crippen molar-refractivity contribution < 1.29 is 19.1 Å². The molecular weight excluding hydrogens is 236 g/mol. The van der Waals surface area contributed by atoms with Gasteiger partial charge in [-0.05, 0) is 26.1 Å². The molecule has 0 aromatic rings. The molecule has 0 fully saturated rings. The van der Waals surface area contributed by atoms with Crippen molar-refractivity contribution in [3.8, 4) is 0 Å². The molecular formula is C12H22O4Si. The van der Waals surface area contributed by atoms with Crippen molar-refractivity contribution in [3.63, 3.8) is 0 Å². The van der Waals surface area contributed by atoms with Crippen LogP contribution in [0.1, 0.15) is 33.1 Å². The molecule has 0 radical (unpaired) electrons. The van der Waals surface area contributed by atoms with Gasteiger partial charge in [0.05, 0.1) is 6.42 Å². The lowest BCUT2D eigenvalue weighted by atomic mass is 10.2. The number of carboxylic acids is 1. The van der Waals surface area contributed by atoms with Crippen LogP contribution in [0.3, 0.4) is 0 Å². The first kappa shape index (κ1) is 15.9. The molecule has 0 aromatic carbocycles. The van der Waals surface area contributed by atoms with Crippen LogP contribution in [0.25, 0.3) is 0 Å². The zero-order valence-corrected chi connectivity index (χ0v) is 12.1. The van der Waals surface area contributed by atoms with Gasteiger partial charge in [-0.25, -0.2) is 4.79 Å². The second kappa shape index (κ2) is 7.27. The second-order valence-electron chi connectivity index (χ2n) is 4.64. The van der Waals surface area contributed by atoms with Gasteiger partial charge in [-0.3, -0.25) is 4.79 Å². The lowest BCUT2D eigenvalue weighted by Crippen LogP contribution is -2.34. The highest BCUT2D eigenvalue weighted by Crippen LogP contribution is 2.18. The van der Waals surface area contributed by atoms with E-state index < -0.39 is 20.3 Å². The third-order valence-corrected chi connectivity index (χ3v) is 4.75. The summed E-state index contributed by atoms with van der Waals surface area (Å²) >= 11 is 0. The van der Waals surface area contributed by atoms with E-state index >= 15 is 0 Å². The van der Waals surface area contributed by atoms with Gasteiger partial charge in [0.1, 0.15) is 0 Å². The molecule has 0 saturated carbocycles. The molecule has 0 aliphatic carbocycles. The SMILES string of the molecule is CC=C(CC(=O)O)C(=O)O[Si](C)(C)CCCC. The van der Waals surface area contributed by atoms with Crippen molar-refractivity contribution in [3.05, 3.63) is 11.6 Å². The van der Waals surface area contributed by atoms with Crippen LogP contribution < -0.4 is 0 Å². The third kappa shape index (κ3) is 6.94. The van der Waals surface area contributed by atoms with Crippen molar-refractivity contribution >= 4 is 20.3 Å². The number of rotatable bonds is 7. The molecule has 0 aromatic heterocycles. The highest BCUT2D eigenvalue weighted by atomic mass is 28.4. The minimum atomic E-state index is -2.00. The zero-order valence-electron chi connectivity index (χ0n) is 11.1. The standard InChI is InChI=1S/C12H22O4Si/c1-5-7-8-17(3,4)16-12(15)10(6-2)9-11(13)14/h6H,5,7-9H2,1-4H3,(H,13,14). The minimum absolute atomic E-state index is 0.231. The fourth-order valence-corrected chi connectivity index (χ4v) is 3.37. The monoisotopic (exact) mass is 258 g/mol. The Kier molecular flexibility index (Phi) is 6.80. The van der Waals surface area contributed by atoms with E-state index in [-0.39, 0.29) is 12.0 Å². The van der Waals surface area contributed by atoms with Crippen molar-refractivity contribution in [2.24, 2.45) is 0 Å². The highest BCUT2D eigenvalue weighted by Gasteiger charge is 2.27. The predicted octanol–water partition coefficient (Wildman–Crippen LogP) is 2.96. The molecule has 0 aliphatic rings. The molecule has 0 aliphatic heterocycles. The van der Waals surface area contributed by atoms with Gasteiger partial charge in [-0.2, -0.15) is 0 Å². The molecule has 0 heterocycles. The Labute approximate surface area is 104 Å². The van der Waals surface area contributed by atoms with Crippen molar-refractivity contribution in [2.75, 3.05) is 0 Å². The fraction of sp³-hybridized carbons (Fsp3) is 0.667. The fourth-order valence-electron chi connectivity index (χ4n) is 1.43. The summed E-state index contributed by atoms with van der Waals surface area (Å²) in [4.78, 5) is 22.3. The summed E-state index contributed by atoms with van der Waals surface area (Å²) in [5.74, 6) is -1.48. The number of aliphatic carboxylic acids is 1. The number of unbranched alkanes of at least 4 members (excludes halogenated alkanes) is 1. The maximum atomic E-state index is 11.8. The van der Waals surface area contributed by atoms with Gasteiger partial charge in [-0.1, -0.05) is 25.8 Å². The van der Waals surface area contributed by atoms with Gasteiger partial charge in [0.2, 0.25) is 8.32 Å². The van der Waals surface area contributed by atoms with Crippen LogP contribution in [0.4, 0.5) is 0 Å². The highest BCUT2D eigenvalue weighted by molar-refractivity contribution is 6.72. The van der Waals surface area contributed by atoms with Crippen molar-refractivity contribution in [2.45, 2.75) is 52.2 Å². The molecule has 0 unspecified atom stereocenters. The third-order valence-electron chi connectivity index (χ3n) is 2.45. The van der Waals surface area contributed by atoms with E-state index in [9.17, 15) is 9.59 Å². The van der Waals surface area contributed by atoms with Crippen LogP contribution in [0.15, 0.2) is 11.6 Å². The van der Waals surface area contributed by atoms with Gasteiger partial charge >= 0.3 is 11.9 Å². The quantitative estimate of drug-likeness (QED) is 0.563. The van der Waals surface area contributed by atoms with Crippen LogP contribution in [0, 0.1) is 0 Å². The van der Waals surface area contributed by atoms with Crippen LogP contribution in [-0.2, 0) is 14.0 Å². The van der Waals surface area contributed by atoms with Gasteiger partial charge in [0.15, 0.2) is 0 Å². The number of hydrogen-bond acceptors (Lipinski definition) is 3. The summed E-state index contributed by atoms with van der Waals surface area (Å²) in [5, 5.41) is 8.67. The van der Waals surface area contributed by atoms with E-state index in [1.807, 2.05) is 13.1 Å². The summed E-state index contributed by atoms with van der Waals surface area (Å²) < 4.78 is 5.46. The maximum Gasteiger partial charge on any atom is 0.320 e. The summed E-state index contributed by atoms with van der Waals surface area (Å²) in [6.45, 7) is 7.71. The summed E-state index contributed by atoms with van der Waals surface area (Å²) in [6, 6.07) is 0.916. The van der Waals surface area contributed by atoms with E-state index in [1.165, 1.54) is 6.08 Å². The summed E-state index contributed by atoms with van der Waals surface area (Å²) in [5.41, 5.74) is 0.231. The number of hydrogen-bond donors (Lipinski definition) is 1. The van der Waals surface area contributed by atoms with E-state index in [0.717, 1.165) is 18.9 Å². The molecule has 5 heteroatoms. The Balaban J connectivity index is 4.45. The summed E-state index contributed by atoms with van der Waals surface area (Å²) in [6.07, 6.45) is 3.35. The lowest BCUT2D eigenvalue weighted by Gasteiger charge is -2.23. The molecule has 17 heavy (non-hydrogen) atoms. The number of carboxylic acid groups (broad SMARTS) is 1. The van der Waals surface area contributed by atoms with Crippen molar-refractivity contribution in [1.29, 1.82) is 0 Å². The Morgan fingerprint density at radius 2 is 1.94 bits per heavy atom. The molecule has 0 bridgehead atoms. The van der Waals surface area contributed by atoms with E-state index in [0.29, 0.717) is 0 Å². The molecule has 1 N–H and O–H groups in total. The molecule has 4 nitrogen and oxygen atoms in total. The molecule has 0 spiro atoms. The first-order chi connectivity index (χ1) is 7.82. The number of carbonyl (C=O) groups is 2. The normalized spacial score (nSPS) is 12.4. The summed E-state index contributed by atoms with van der Waals surface area (Å²) in [7, 11) is -2.00. The van der Waals surface area contributed by atoms with E-state index in [1.54, 1.807) is 6.92 Å². The first-order valence-electron chi connectivity index (χ1n) is 5.92. The van der Waals surface area contributed by atoms with Crippen LogP contribution in [0.2, 0.25) is 19.1 Å². The Morgan fingerprint density at radius 1 is 1.35 bits per heavy atom. The zero-order chi connectivity index (χ0) is 13.5. The van der Waals surface area contributed by atoms with E-state index in [2.05, 4.69) is 6.92 Å². The Hall–Kier alpha value is -1.10. The largest absolute Gasteiger partial charge is 0.516 e. The molecule has 0 amide bonds. The van der Waals surface area contributed by atoms with Crippen LogP contribution in [0.5, 0.6) is 0 Å². The van der Waals surface area contributed by atoms with Crippen molar-refractivity contribution in [1.82, 2.24) is 0 Å². The van der Waals surface area contributed by atoms with Gasteiger partial charge in [0.25, 0.3) is 0 Å². The van der Waals surface area contributed by atoms with Crippen LogP contribution >= 0.6 is 0 Å². The average Bonchev–Trinajstić information content (AvgIpc) is 2.22. The molecule has 0 saturated heterocycles. The van der Waals surface area contributed by atoms with Gasteiger partial charge < -0.3 is 9.53 Å². The minimum Gasteiger partial charge on any atom is -0.516 e. The molecule has 98 valence electrons.